The molecule has 0 spiro atoms. The first kappa shape index (κ1) is 14.4. The molecular weight excluding hydrogens is 260 g/mol. The van der Waals surface area contributed by atoms with Crippen LogP contribution in [0, 0.1) is 17.8 Å². The first-order valence-electron chi connectivity index (χ1n) is 6.91. The highest BCUT2D eigenvalue weighted by molar-refractivity contribution is 6.31. The Balaban J connectivity index is 2.44. The van der Waals surface area contributed by atoms with Crippen LogP contribution in [0.25, 0.3) is 0 Å². The van der Waals surface area contributed by atoms with E-state index in [1.165, 1.54) is 0 Å². The SMILES string of the molecule is CC(C)C(C(=O)c1cc(Cl)cc2c1OCC2)C(C)C. The van der Waals surface area contributed by atoms with E-state index in [0.29, 0.717) is 29.0 Å². The van der Waals surface area contributed by atoms with E-state index in [9.17, 15) is 4.79 Å². The molecule has 1 aliphatic rings. The molecule has 104 valence electrons. The number of Topliss-reactive ketones (excluding diaryl/α,β-unsaturated/α-hetero) is 1. The van der Waals surface area contributed by atoms with Crippen molar-refractivity contribution in [1.82, 2.24) is 0 Å². The first-order valence-corrected chi connectivity index (χ1v) is 7.29. The van der Waals surface area contributed by atoms with Gasteiger partial charge in [0.05, 0.1) is 12.2 Å². The summed E-state index contributed by atoms with van der Waals surface area (Å²) in [6.07, 6.45) is 0.837. The fraction of sp³-hybridized carbons (Fsp3) is 0.562. The average molecular weight is 281 g/mol. The highest BCUT2D eigenvalue weighted by atomic mass is 35.5. The van der Waals surface area contributed by atoms with Gasteiger partial charge in [0.15, 0.2) is 5.78 Å². The number of fused-ring (bicyclic) bond motifs is 1. The van der Waals surface area contributed by atoms with Gasteiger partial charge in [-0.05, 0) is 29.5 Å². The van der Waals surface area contributed by atoms with Crippen LogP contribution < -0.4 is 4.74 Å². The van der Waals surface area contributed by atoms with Crippen LogP contribution in [-0.4, -0.2) is 12.4 Å². The van der Waals surface area contributed by atoms with Crippen molar-refractivity contribution in [2.24, 2.45) is 17.8 Å². The summed E-state index contributed by atoms with van der Waals surface area (Å²) in [4.78, 5) is 12.8. The van der Waals surface area contributed by atoms with Crippen LogP contribution in [-0.2, 0) is 6.42 Å². The molecule has 3 heteroatoms. The van der Waals surface area contributed by atoms with Crippen molar-refractivity contribution in [3.8, 4) is 5.75 Å². The molecule has 0 saturated carbocycles. The third kappa shape index (κ3) is 2.79. The first-order chi connectivity index (χ1) is 8.91. The number of carbonyl (C=O) groups is 1. The quantitative estimate of drug-likeness (QED) is 0.765. The second kappa shape index (κ2) is 5.54. The van der Waals surface area contributed by atoms with Gasteiger partial charge in [-0.1, -0.05) is 39.3 Å². The van der Waals surface area contributed by atoms with Gasteiger partial charge in [-0.25, -0.2) is 0 Å². The molecule has 0 fully saturated rings. The predicted octanol–water partition coefficient (Wildman–Crippen LogP) is 4.39. The Labute approximate surface area is 120 Å². The second-order valence-electron chi connectivity index (χ2n) is 5.92. The fourth-order valence-electron chi connectivity index (χ4n) is 3.01. The van der Waals surface area contributed by atoms with E-state index < -0.39 is 0 Å². The molecule has 2 nitrogen and oxygen atoms in total. The highest BCUT2D eigenvalue weighted by Gasteiger charge is 2.31. The lowest BCUT2D eigenvalue weighted by atomic mass is 9.79. The van der Waals surface area contributed by atoms with Crippen molar-refractivity contribution in [1.29, 1.82) is 0 Å². The molecule has 0 atom stereocenters. The summed E-state index contributed by atoms with van der Waals surface area (Å²) in [6, 6.07) is 3.66. The molecule has 1 aromatic rings. The Bertz CT molecular complexity index is 484. The van der Waals surface area contributed by atoms with Crippen LogP contribution in [0.2, 0.25) is 5.02 Å². The zero-order valence-corrected chi connectivity index (χ0v) is 12.8. The smallest absolute Gasteiger partial charge is 0.170 e. The summed E-state index contributed by atoms with van der Waals surface area (Å²) in [5.74, 6) is 1.53. The number of ketones is 1. The standard InChI is InChI=1S/C16H21ClO2/c1-9(2)14(10(3)4)15(18)13-8-12(17)7-11-5-6-19-16(11)13/h7-10,14H,5-6H2,1-4H3. The lowest BCUT2D eigenvalue weighted by Crippen LogP contribution is -2.26. The van der Waals surface area contributed by atoms with Crippen molar-refractivity contribution in [2.45, 2.75) is 34.1 Å². The number of halogens is 1. The molecule has 0 aromatic heterocycles. The van der Waals surface area contributed by atoms with Gasteiger partial charge in [0.2, 0.25) is 0 Å². The number of rotatable bonds is 4. The molecule has 19 heavy (non-hydrogen) atoms. The van der Waals surface area contributed by atoms with E-state index >= 15 is 0 Å². The van der Waals surface area contributed by atoms with Gasteiger partial charge in [-0.3, -0.25) is 4.79 Å². The molecule has 0 N–H and O–H groups in total. The topological polar surface area (TPSA) is 26.3 Å². The van der Waals surface area contributed by atoms with Crippen LogP contribution in [0.4, 0.5) is 0 Å². The van der Waals surface area contributed by atoms with E-state index in [2.05, 4.69) is 27.7 Å². The number of benzene rings is 1. The Morgan fingerprint density at radius 2 is 1.84 bits per heavy atom. The van der Waals surface area contributed by atoms with Crippen molar-refractivity contribution >= 4 is 17.4 Å². The number of hydrogen-bond acceptors (Lipinski definition) is 2. The van der Waals surface area contributed by atoms with Crippen LogP contribution in [0.15, 0.2) is 12.1 Å². The van der Waals surface area contributed by atoms with Gasteiger partial charge < -0.3 is 4.74 Å². The monoisotopic (exact) mass is 280 g/mol. The summed E-state index contributed by atoms with van der Waals surface area (Å²) >= 11 is 6.13. The molecule has 0 unspecified atom stereocenters. The minimum Gasteiger partial charge on any atom is -0.492 e. The van der Waals surface area contributed by atoms with Crippen LogP contribution in [0.3, 0.4) is 0 Å². The van der Waals surface area contributed by atoms with E-state index in [0.717, 1.165) is 17.7 Å². The van der Waals surface area contributed by atoms with Crippen molar-refractivity contribution in [3.05, 3.63) is 28.3 Å². The molecule has 0 aliphatic carbocycles. The Morgan fingerprint density at radius 1 is 1.21 bits per heavy atom. The lowest BCUT2D eigenvalue weighted by Gasteiger charge is -2.24. The summed E-state index contributed by atoms with van der Waals surface area (Å²) in [6.45, 7) is 9.01. The van der Waals surface area contributed by atoms with Crippen LogP contribution >= 0.6 is 11.6 Å². The van der Waals surface area contributed by atoms with Crippen molar-refractivity contribution < 1.29 is 9.53 Å². The zero-order valence-electron chi connectivity index (χ0n) is 12.0. The number of ether oxygens (including phenoxy) is 1. The normalized spacial score (nSPS) is 14.1. The van der Waals surface area contributed by atoms with Gasteiger partial charge in [-0.2, -0.15) is 0 Å². The molecule has 1 aliphatic heterocycles. The molecule has 0 saturated heterocycles. The molecule has 1 heterocycles. The Kier molecular flexibility index (Phi) is 4.19. The maximum atomic E-state index is 12.8. The maximum absolute atomic E-state index is 12.8. The van der Waals surface area contributed by atoms with Gasteiger partial charge in [-0.15, -0.1) is 0 Å². The zero-order chi connectivity index (χ0) is 14.2. The van der Waals surface area contributed by atoms with Crippen LogP contribution in [0.5, 0.6) is 5.75 Å². The summed E-state index contributed by atoms with van der Waals surface area (Å²) in [5.41, 5.74) is 1.72. The maximum Gasteiger partial charge on any atom is 0.170 e. The van der Waals surface area contributed by atoms with E-state index in [4.69, 9.17) is 16.3 Å². The molecule has 1 aromatic carbocycles. The minimum atomic E-state index is 0.00627. The third-order valence-corrected chi connectivity index (χ3v) is 3.97. The van der Waals surface area contributed by atoms with Crippen molar-refractivity contribution in [2.75, 3.05) is 6.61 Å². The third-order valence-electron chi connectivity index (χ3n) is 3.75. The molecule has 0 radical (unpaired) electrons. The van der Waals surface area contributed by atoms with Gasteiger partial charge in [0, 0.05) is 17.4 Å². The summed E-state index contributed by atoms with van der Waals surface area (Å²) < 4.78 is 5.64. The lowest BCUT2D eigenvalue weighted by molar-refractivity contribution is 0.0836. The number of carbonyl (C=O) groups excluding carboxylic acids is 1. The van der Waals surface area contributed by atoms with E-state index in [1.807, 2.05) is 6.07 Å². The Morgan fingerprint density at radius 3 is 2.42 bits per heavy atom. The largest absolute Gasteiger partial charge is 0.492 e. The van der Waals surface area contributed by atoms with Gasteiger partial charge in [0.1, 0.15) is 5.75 Å². The summed E-state index contributed by atoms with van der Waals surface area (Å²) in [5, 5.41) is 0.624. The highest BCUT2D eigenvalue weighted by Crippen LogP contribution is 2.36. The minimum absolute atomic E-state index is 0.00627. The second-order valence-corrected chi connectivity index (χ2v) is 6.35. The Hall–Kier alpha value is -1.02. The van der Waals surface area contributed by atoms with E-state index in [1.54, 1.807) is 6.07 Å². The van der Waals surface area contributed by atoms with Gasteiger partial charge in [0.25, 0.3) is 0 Å². The average Bonchev–Trinajstić information content (AvgIpc) is 2.74. The molecule has 0 bridgehead atoms. The molecule has 2 rings (SSSR count). The molecular formula is C16H21ClO2. The molecule has 0 amide bonds. The van der Waals surface area contributed by atoms with Gasteiger partial charge >= 0.3 is 0 Å². The fourth-order valence-corrected chi connectivity index (χ4v) is 3.25. The van der Waals surface area contributed by atoms with Crippen molar-refractivity contribution in [3.63, 3.8) is 0 Å². The van der Waals surface area contributed by atoms with E-state index in [-0.39, 0.29) is 11.7 Å². The predicted molar refractivity (Wildman–Crippen MR) is 78.1 cm³/mol. The number of hydrogen-bond donors (Lipinski definition) is 0. The summed E-state index contributed by atoms with van der Waals surface area (Å²) in [7, 11) is 0. The van der Waals surface area contributed by atoms with Crippen LogP contribution in [0.1, 0.15) is 43.6 Å².